The highest BCUT2D eigenvalue weighted by Gasteiger charge is 2.41. The molecule has 1 aliphatic heterocycles. The molecule has 2 aliphatic rings. The zero-order chi connectivity index (χ0) is 17.3. The first-order chi connectivity index (χ1) is 11.6. The van der Waals surface area contributed by atoms with Gasteiger partial charge in [0.1, 0.15) is 5.76 Å². The molecule has 1 heterocycles. The largest absolute Gasteiger partial charge is 0.456 e. The van der Waals surface area contributed by atoms with Crippen molar-refractivity contribution in [3.63, 3.8) is 0 Å². The van der Waals surface area contributed by atoms with Gasteiger partial charge in [-0.15, -0.1) is 0 Å². The minimum Gasteiger partial charge on any atom is -0.456 e. The molecular formula is C20H34O4. The zero-order valence-electron chi connectivity index (χ0n) is 15.2. The van der Waals surface area contributed by atoms with Crippen LogP contribution in [0.4, 0.5) is 0 Å². The molecule has 0 aromatic heterocycles. The van der Waals surface area contributed by atoms with Gasteiger partial charge in [-0.05, 0) is 19.3 Å². The molecule has 0 radical (unpaired) electrons. The van der Waals surface area contributed by atoms with Crippen LogP contribution in [0.5, 0.6) is 0 Å². The lowest BCUT2D eigenvalue weighted by Crippen LogP contribution is -2.42. The van der Waals surface area contributed by atoms with Gasteiger partial charge in [0.05, 0.1) is 12.2 Å². The number of hydrogen-bond donors (Lipinski definition) is 1. The maximum absolute atomic E-state index is 11.9. The number of esters is 1. The molecule has 138 valence electrons. The lowest BCUT2D eigenvalue weighted by Gasteiger charge is -2.39. The van der Waals surface area contributed by atoms with Crippen LogP contribution in [0.15, 0.2) is 11.8 Å². The van der Waals surface area contributed by atoms with Gasteiger partial charge in [-0.3, -0.25) is 0 Å². The van der Waals surface area contributed by atoms with E-state index in [2.05, 4.69) is 6.92 Å². The second kappa shape index (κ2) is 10.1. The van der Waals surface area contributed by atoms with Crippen LogP contribution in [0.2, 0.25) is 0 Å². The molecule has 1 N–H and O–H groups in total. The average Bonchev–Trinajstić information content (AvgIpc) is 2.54. The summed E-state index contributed by atoms with van der Waals surface area (Å²) in [6.45, 7) is 2.23. The Morgan fingerprint density at radius 2 is 1.71 bits per heavy atom. The Labute approximate surface area is 146 Å². The molecule has 0 saturated heterocycles. The van der Waals surface area contributed by atoms with Gasteiger partial charge in [0.2, 0.25) is 0 Å². The zero-order valence-corrected chi connectivity index (χ0v) is 15.2. The number of carbonyl (C=O) groups is 1. The minimum atomic E-state index is -0.752. The molecule has 1 aliphatic carbocycles. The molecule has 1 fully saturated rings. The molecule has 2 rings (SSSR count). The smallest absolute Gasteiger partial charge is 0.337 e. The van der Waals surface area contributed by atoms with Crippen LogP contribution in [0.3, 0.4) is 0 Å². The van der Waals surface area contributed by atoms with Crippen molar-refractivity contribution in [3.05, 3.63) is 11.8 Å². The Morgan fingerprint density at radius 3 is 2.42 bits per heavy atom. The van der Waals surface area contributed by atoms with Crippen molar-refractivity contribution >= 4 is 5.97 Å². The third kappa shape index (κ3) is 6.46. The molecule has 4 heteroatoms. The van der Waals surface area contributed by atoms with E-state index >= 15 is 0 Å². The first-order valence-electron chi connectivity index (χ1n) is 9.94. The highest BCUT2D eigenvalue weighted by atomic mass is 16.7. The van der Waals surface area contributed by atoms with E-state index < -0.39 is 11.9 Å². The summed E-state index contributed by atoms with van der Waals surface area (Å²) in [7, 11) is 0. The van der Waals surface area contributed by atoms with Crippen molar-refractivity contribution < 1.29 is 19.4 Å². The van der Waals surface area contributed by atoms with E-state index in [0.717, 1.165) is 38.5 Å². The van der Waals surface area contributed by atoms with Gasteiger partial charge in [0.15, 0.2) is 0 Å². The van der Waals surface area contributed by atoms with Crippen molar-refractivity contribution in [2.24, 2.45) is 0 Å². The van der Waals surface area contributed by atoms with E-state index in [0.29, 0.717) is 12.2 Å². The summed E-state index contributed by atoms with van der Waals surface area (Å²) >= 11 is 0. The van der Waals surface area contributed by atoms with Crippen molar-refractivity contribution in [2.45, 2.75) is 109 Å². The molecule has 0 bridgehead atoms. The SMILES string of the molecule is CCCCCCCCCC(O)CC1=CC(=O)OC2(CCCCC2)O1. The molecule has 4 nitrogen and oxygen atoms in total. The molecule has 0 aromatic rings. The summed E-state index contributed by atoms with van der Waals surface area (Å²) in [5.41, 5.74) is 0. The predicted molar refractivity (Wildman–Crippen MR) is 94.3 cm³/mol. The predicted octanol–water partition coefficient (Wildman–Crippen LogP) is 5.00. The molecule has 0 amide bonds. The van der Waals surface area contributed by atoms with Crippen LogP contribution in [0, 0.1) is 0 Å². The van der Waals surface area contributed by atoms with Crippen LogP contribution < -0.4 is 0 Å². The van der Waals surface area contributed by atoms with Crippen molar-refractivity contribution in [2.75, 3.05) is 0 Å². The number of carbonyl (C=O) groups excluding carboxylic acids is 1. The Balaban J connectivity index is 1.67. The van der Waals surface area contributed by atoms with Gasteiger partial charge < -0.3 is 14.6 Å². The standard InChI is InChI=1S/C20H34O4/c1-2-3-4-5-6-7-9-12-17(21)15-18-16-19(22)24-20(23-18)13-10-8-11-14-20/h16-17,21H,2-15H2,1H3. The Kier molecular flexibility index (Phi) is 8.10. The summed E-state index contributed by atoms with van der Waals surface area (Å²) in [6.07, 6.45) is 15.6. The van der Waals surface area contributed by atoms with E-state index in [1.165, 1.54) is 51.0 Å². The topological polar surface area (TPSA) is 55.8 Å². The summed E-state index contributed by atoms with van der Waals surface area (Å²) in [6, 6.07) is 0. The summed E-state index contributed by atoms with van der Waals surface area (Å²) < 4.78 is 11.4. The highest BCUT2D eigenvalue weighted by Crippen LogP contribution is 2.38. The van der Waals surface area contributed by atoms with Crippen LogP contribution in [0.25, 0.3) is 0 Å². The Hall–Kier alpha value is -1.03. The molecule has 1 unspecified atom stereocenters. The van der Waals surface area contributed by atoms with Crippen LogP contribution in [-0.4, -0.2) is 23.0 Å². The monoisotopic (exact) mass is 338 g/mol. The molecule has 1 atom stereocenters. The summed E-state index contributed by atoms with van der Waals surface area (Å²) in [4.78, 5) is 11.9. The molecule has 24 heavy (non-hydrogen) atoms. The van der Waals surface area contributed by atoms with E-state index in [-0.39, 0.29) is 5.97 Å². The lowest BCUT2D eigenvalue weighted by molar-refractivity contribution is -0.234. The van der Waals surface area contributed by atoms with Crippen molar-refractivity contribution in [1.29, 1.82) is 0 Å². The first kappa shape index (κ1) is 19.3. The third-order valence-corrected chi connectivity index (χ3v) is 5.08. The van der Waals surface area contributed by atoms with E-state index in [1.54, 1.807) is 0 Å². The van der Waals surface area contributed by atoms with E-state index in [4.69, 9.17) is 9.47 Å². The minimum absolute atomic E-state index is 0.318. The number of aliphatic hydroxyl groups excluding tert-OH is 1. The Morgan fingerprint density at radius 1 is 1.04 bits per heavy atom. The number of ether oxygens (including phenoxy) is 2. The summed E-state index contributed by atoms with van der Waals surface area (Å²) in [5.74, 6) is -0.469. The van der Waals surface area contributed by atoms with Crippen LogP contribution in [0.1, 0.15) is 96.8 Å². The summed E-state index contributed by atoms with van der Waals surface area (Å²) in [5, 5.41) is 10.2. The first-order valence-corrected chi connectivity index (χ1v) is 9.94. The van der Waals surface area contributed by atoms with E-state index in [1.807, 2.05) is 0 Å². The van der Waals surface area contributed by atoms with Crippen molar-refractivity contribution in [3.8, 4) is 0 Å². The normalized spacial score (nSPS) is 21.1. The van der Waals surface area contributed by atoms with Gasteiger partial charge in [0, 0.05) is 19.3 Å². The number of rotatable bonds is 10. The maximum atomic E-state index is 11.9. The fourth-order valence-electron chi connectivity index (χ4n) is 3.70. The average molecular weight is 338 g/mol. The molecular weight excluding hydrogens is 304 g/mol. The van der Waals surface area contributed by atoms with Gasteiger partial charge in [0.25, 0.3) is 5.79 Å². The fourth-order valence-corrected chi connectivity index (χ4v) is 3.70. The molecule has 0 aromatic carbocycles. The second-order valence-electron chi connectivity index (χ2n) is 7.37. The fraction of sp³-hybridized carbons (Fsp3) is 0.850. The van der Waals surface area contributed by atoms with Crippen LogP contribution >= 0.6 is 0 Å². The van der Waals surface area contributed by atoms with Gasteiger partial charge in [-0.25, -0.2) is 4.79 Å². The highest BCUT2D eigenvalue weighted by molar-refractivity contribution is 5.83. The van der Waals surface area contributed by atoms with E-state index in [9.17, 15) is 9.90 Å². The number of unbranched alkanes of at least 4 members (excludes halogenated alkanes) is 6. The third-order valence-electron chi connectivity index (χ3n) is 5.08. The van der Waals surface area contributed by atoms with Crippen LogP contribution in [-0.2, 0) is 14.3 Å². The molecule has 1 saturated carbocycles. The second-order valence-corrected chi connectivity index (χ2v) is 7.37. The number of hydrogen-bond acceptors (Lipinski definition) is 4. The van der Waals surface area contributed by atoms with Gasteiger partial charge >= 0.3 is 5.97 Å². The quantitative estimate of drug-likeness (QED) is 0.450. The Bertz CT molecular complexity index is 410. The molecule has 1 spiro atoms. The van der Waals surface area contributed by atoms with Gasteiger partial charge in [-0.2, -0.15) is 0 Å². The maximum Gasteiger partial charge on any atom is 0.337 e. The van der Waals surface area contributed by atoms with Crippen molar-refractivity contribution in [1.82, 2.24) is 0 Å². The lowest BCUT2D eigenvalue weighted by atomic mass is 9.93. The number of aliphatic hydroxyl groups is 1. The van der Waals surface area contributed by atoms with Gasteiger partial charge in [-0.1, -0.05) is 58.3 Å².